The quantitative estimate of drug-likeness (QED) is 0.499. The summed E-state index contributed by atoms with van der Waals surface area (Å²) in [5, 5.41) is 14.4. The molecule has 0 radical (unpaired) electrons. The fourth-order valence-electron chi connectivity index (χ4n) is 2.25. The molecule has 0 aliphatic heterocycles. The summed E-state index contributed by atoms with van der Waals surface area (Å²) in [7, 11) is 0. The van der Waals surface area contributed by atoms with Crippen LogP contribution in [0.3, 0.4) is 0 Å². The molecule has 2 aromatic carbocycles. The summed E-state index contributed by atoms with van der Waals surface area (Å²) in [6.07, 6.45) is 3.08. The highest BCUT2D eigenvalue weighted by atomic mass is 35.5. The molecule has 0 fully saturated rings. The molecular formula is C20H19ClN2O3S. The number of halogens is 1. The topological polar surface area (TPSA) is 78.4 Å². The smallest absolute Gasteiger partial charge is 0.337 e. The molecule has 0 atom stereocenters. The van der Waals surface area contributed by atoms with Gasteiger partial charge in [0.1, 0.15) is 0 Å². The molecule has 0 unspecified atom stereocenters. The van der Waals surface area contributed by atoms with E-state index in [1.54, 1.807) is 6.08 Å². The van der Waals surface area contributed by atoms with E-state index in [1.807, 2.05) is 24.3 Å². The number of carboxylic acids is 1. The zero-order chi connectivity index (χ0) is 20.0. The van der Waals surface area contributed by atoms with E-state index in [9.17, 15) is 9.59 Å². The number of carbonyl (C=O) groups is 2. The number of rotatable bonds is 5. The zero-order valence-corrected chi connectivity index (χ0v) is 16.4. The van der Waals surface area contributed by atoms with E-state index >= 15 is 0 Å². The molecule has 2 rings (SSSR count). The molecule has 140 valence electrons. The van der Waals surface area contributed by atoms with E-state index in [0.29, 0.717) is 11.6 Å². The van der Waals surface area contributed by atoms with Gasteiger partial charge < -0.3 is 10.4 Å². The van der Waals surface area contributed by atoms with Gasteiger partial charge in [-0.15, -0.1) is 0 Å². The first-order valence-corrected chi connectivity index (χ1v) is 8.97. The van der Waals surface area contributed by atoms with E-state index in [-0.39, 0.29) is 21.6 Å². The number of hydrogen-bond acceptors (Lipinski definition) is 3. The Bertz CT molecular complexity index is 893. The minimum absolute atomic E-state index is 0.0106. The predicted molar refractivity (Wildman–Crippen MR) is 112 cm³/mol. The minimum Gasteiger partial charge on any atom is -0.478 e. The van der Waals surface area contributed by atoms with Crippen LogP contribution >= 0.6 is 23.8 Å². The van der Waals surface area contributed by atoms with Gasteiger partial charge in [0.2, 0.25) is 5.91 Å². The van der Waals surface area contributed by atoms with Gasteiger partial charge in [-0.3, -0.25) is 10.1 Å². The molecule has 0 aliphatic carbocycles. The van der Waals surface area contributed by atoms with Gasteiger partial charge >= 0.3 is 5.97 Å². The number of aromatic carboxylic acids is 1. The first-order valence-electron chi connectivity index (χ1n) is 8.19. The SMILES string of the molecule is CC(C)c1ccc(/C=C/C(=O)NC(=S)Nc2ccc(C(=O)O)c(Cl)c2)cc1. The Balaban J connectivity index is 1.92. The van der Waals surface area contributed by atoms with Crippen molar-refractivity contribution in [2.24, 2.45) is 0 Å². The van der Waals surface area contributed by atoms with E-state index in [0.717, 1.165) is 5.56 Å². The van der Waals surface area contributed by atoms with Crippen LogP contribution in [-0.4, -0.2) is 22.1 Å². The van der Waals surface area contributed by atoms with Crippen molar-refractivity contribution in [2.75, 3.05) is 5.32 Å². The van der Waals surface area contributed by atoms with Crippen LogP contribution in [0.5, 0.6) is 0 Å². The second kappa shape index (κ2) is 9.30. The first kappa shape index (κ1) is 20.6. The van der Waals surface area contributed by atoms with Crippen molar-refractivity contribution in [3.8, 4) is 0 Å². The number of thiocarbonyl (C=S) groups is 1. The van der Waals surface area contributed by atoms with Crippen molar-refractivity contribution in [1.29, 1.82) is 0 Å². The number of benzene rings is 2. The summed E-state index contributed by atoms with van der Waals surface area (Å²) in [6.45, 7) is 4.24. The van der Waals surface area contributed by atoms with Crippen molar-refractivity contribution >= 4 is 52.6 Å². The Labute approximate surface area is 168 Å². The van der Waals surface area contributed by atoms with E-state index in [2.05, 4.69) is 24.5 Å². The van der Waals surface area contributed by atoms with E-state index in [1.165, 1.54) is 29.8 Å². The number of amides is 1. The Morgan fingerprint density at radius 1 is 1.15 bits per heavy atom. The molecule has 3 N–H and O–H groups in total. The molecule has 0 heterocycles. The summed E-state index contributed by atoms with van der Waals surface area (Å²) < 4.78 is 0. The number of carbonyl (C=O) groups excluding carboxylic acids is 1. The lowest BCUT2D eigenvalue weighted by atomic mass is 10.0. The lowest BCUT2D eigenvalue weighted by molar-refractivity contribution is -0.115. The summed E-state index contributed by atoms with van der Waals surface area (Å²) in [5.41, 5.74) is 2.60. The Morgan fingerprint density at radius 3 is 2.37 bits per heavy atom. The minimum atomic E-state index is -1.12. The van der Waals surface area contributed by atoms with Crippen molar-refractivity contribution in [2.45, 2.75) is 19.8 Å². The molecule has 0 bridgehead atoms. The summed E-state index contributed by atoms with van der Waals surface area (Å²) in [4.78, 5) is 22.9. The summed E-state index contributed by atoms with van der Waals surface area (Å²) in [5.74, 6) is -1.05. The van der Waals surface area contributed by atoms with E-state index in [4.69, 9.17) is 28.9 Å². The number of anilines is 1. The normalized spacial score (nSPS) is 10.8. The predicted octanol–water partition coefficient (Wildman–Crippen LogP) is 4.69. The molecule has 0 aliphatic rings. The van der Waals surface area contributed by atoms with Crippen LogP contribution in [-0.2, 0) is 4.79 Å². The standard InChI is InChI=1S/C20H19ClN2O3S/c1-12(2)14-6-3-13(4-7-14)5-10-18(24)23-20(27)22-15-8-9-16(19(25)26)17(21)11-15/h3-12H,1-2H3,(H,25,26)(H2,22,23,24,27)/b10-5+. The van der Waals surface area contributed by atoms with Crippen LogP contribution in [0.1, 0.15) is 41.3 Å². The largest absolute Gasteiger partial charge is 0.478 e. The maximum atomic E-state index is 12.0. The van der Waals surface area contributed by atoms with Gasteiger partial charge in [0.15, 0.2) is 5.11 Å². The van der Waals surface area contributed by atoms with Gasteiger partial charge in [0, 0.05) is 11.8 Å². The van der Waals surface area contributed by atoms with Gasteiger partial charge in [-0.1, -0.05) is 49.7 Å². The van der Waals surface area contributed by atoms with Crippen LogP contribution in [0.15, 0.2) is 48.5 Å². The molecule has 1 amide bonds. The second-order valence-electron chi connectivity index (χ2n) is 6.10. The molecule has 2 aromatic rings. The maximum Gasteiger partial charge on any atom is 0.337 e. The van der Waals surface area contributed by atoms with Gasteiger partial charge in [-0.25, -0.2) is 4.79 Å². The van der Waals surface area contributed by atoms with Crippen molar-refractivity contribution in [3.05, 3.63) is 70.3 Å². The number of hydrogen-bond donors (Lipinski definition) is 3. The summed E-state index contributed by atoms with van der Waals surface area (Å²) >= 11 is 11.0. The van der Waals surface area contributed by atoms with E-state index < -0.39 is 5.97 Å². The first-order chi connectivity index (χ1) is 12.8. The van der Waals surface area contributed by atoms with Crippen molar-refractivity contribution < 1.29 is 14.7 Å². The van der Waals surface area contributed by atoms with Crippen LogP contribution in [0.4, 0.5) is 5.69 Å². The van der Waals surface area contributed by atoms with Crippen LogP contribution < -0.4 is 10.6 Å². The lowest BCUT2D eigenvalue weighted by Gasteiger charge is -2.09. The molecule has 0 spiro atoms. The zero-order valence-electron chi connectivity index (χ0n) is 14.8. The van der Waals surface area contributed by atoms with Gasteiger partial charge in [-0.2, -0.15) is 0 Å². The fourth-order valence-corrected chi connectivity index (χ4v) is 2.73. The lowest BCUT2D eigenvalue weighted by Crippen LogP contribution is -2.32. The Kier molecular flexibility index (Phi) is 7.10. The van der Waals surface area contributed by atoms with Gasteiger partial charge in [-0.05, 0) is 53.5 Å². The molecule has 7 heteroatoms. The molecule has 5 nitrogen and oxygen atoms in total. The number of carboxylic acid groups (broad SMARTS) is 1. The fraction of sp³-hybridized carbons (Fsp3) is 0.150. The van der Waals surface area contributed by atoms with Crippen molar-refractivity contribution in [1.82, 2.24) is 5.32 Å². The number of nitrogens with one attached hydrogen (secondary N) is 2. The average Bonchev–Trinajstić information content (AvgIpc) is 2.60. The highest BCUT2D eigenvalue weighted by Gasteiger charge is 2.10. The maximum absolute atomic E-state index is 12.0. The second-order valence-corrected chi connectivity index (χ2v) is 6.91. The molecule has 0 saturated heterocycles. The third-order valence-electron chi connectivity index (χ3n) is 3.72. The van der Waals surface area contributed by atoms with Crippen LogP contribution in [0.2, 0.25) is 5.02 Å². The average molecular weight is 403 g/mol. The Hall–Kier alpha value is -2.70. The molecule has 0 aromatic heterocycles. The molecule has 0 saturated carbocycles. The third-order valence-corrected chi connectivity index (χ3v) is 4.24. The van der Waals surface area contributed by atoms with Crippen molar-refractivity contribution in [3.63, 3.8) is 0 Å². The van der Waals surface area contributed by atoms with Crippen LogP contribution in [0.25, 0.3) is 6.08 Å². The molecular weight excluding hydrogens is 384 g/mol. The highest BCUT2D eigenvalue weighted by Crippen LogP contribution is 2.21. The highest BCUT2D eigenvalue weighted by molar-refractivity contribution is 7.80. The summed E-state index contributed by atoms with van der Waals surface area (Å²) in [6, 6.07) is 12.2. The monoisotopic (exact) mass is 402 g/mol. The Morgan fingerprint density at radius 2 is 1.81 bits per heavy atom. The van der Waals surface area contributed by atoms with Gasteiger partial charge in [0.25, 0.3) is 0 Å². The molecule has 27 heavy (non-hydrogen) atoms. The van der Waals surface area contributed by atoms with Gasteiger partial charge in [0.05, 0.1) is 10.6 Å². The van der Waals surface area contributed by atoms with Crippen LogP contribution in [0, 0.1) is 0 Å². The third kappa shape index (κ3) is 6.20.